The summed E-state index contributed by atoms with van der Waals surface area (Å²) in [5.74, 6) is -0.938. The van der Waals surface area contributed by atoms with Gasteiger partial charge in [0.25, 0.3) is 0 Å². The van der Waals surface area contributed by atoms with Crippen LogP contribution in [0.2, 0.25) is 0 Å². The van der Waals surface area contributed by atoms with Gasteiger partial charge in [-0.1, -0.05) is 0 Å². The Morgan fingerprint density at radius 2 is 1.94 bits per heavy atom. The summed E-state index contributed by atoms with van der Waals surface area (Å²) < 4.78 is 0. The molecule has 1 aromatic rings. The van der Waals surface area contributed by atoms with Gasteiger partial charge in [-0.3, -0.25) is 4.79 Å². The maximum Gasteiger partial charge on any atom is 0.319 e. The molecule has 0 radical (unpaired) electrons. The molecule has 0 saturated heterocycles. The summed E-state index contributed by atoms with van der Waals surface area (Å²) >= 11 is 1.62. The molecule has 5 nitrogen and oxygen atoms in total. The van der Waals surface area contributed by atoms with Gasteiger partial charge in [0.1, 0.15) is 0 Å². The number of aliphatic carboxylic acids is 1. The summed E-state index contributed by atoms with van der Waals surface area (Å²) in [6.45, 7) is 1.64. The molecule has 0 aliphatic rings. The van der Waals surface area contributed by atoms with E-state index in [0.717, 1.165) is 4.90 Å². The number of amides is 2. The number of urea groups is 1. The van der Waals surface area contributed by atoms with Crippen molar-refractivity contribution in [3.05, 3.63) is 24.3 Å². The van der Waals surface area contributed by atoms with E-state index in [-0.39, 0.29) is 6.42 Å². The Hall–Kier alpha value is -1.69. The van der Waals surface area contributed by atoms with Crippen LogP contribution >= 0.6 is 11.8 Å². The summed E-state index contributed by atoms with van der Waals surface area (Å²) in [5, 5.41) is 13.8. The van der Waals surface area contributed by atoms with Crippen LogP contribution in [0.3, 0.4) is 0 Å². The van der Waals surface area contributed by atoms with Gasteiger partial charge in [0.05, 0.1) is 6.42 Å². The number of carbonyl (C=O) groups excluding carboxylic acids is 1. The Kier molecular flexibility index (Phi) is 5.51. The van der Waals surface area contributed by atoms with Gasteiger partial charge < -0.3 is 15.7 Å². The van der Waals surface area contributed by atoms with Crippen LogP contribution in [0.25, 0.3) is 0 Å². The predicted octanol–water partition coefficient (Wildman–Crippen LogP) is 2.39. The molecule has 0 aromatic heterocycles. The first kappa shape index (κ1) is 14.4. The minimum absolute atomic E-state index is 0.0984. The van der Waals surface area contributed by atoms with Crippen molar-refractivity contribution in [3.63, 3.8) is 0 Å². The molecule has 0 bridgehead atoms. The second-order valence-corrected chi connectivity index (χ2v) is 4.71. The fourth-order valence-electron chi connectivity index (χ4n) is 1.38. The third kappa shape index (κ3) is 5.09. The average molecular weight is 268 g/mol. The maximum atomic E-state index is 11.5. The Morgan fingerprint density at radius 1 is 1.33 bits per heavy atom. The van der Waals surface area contributed by atoms with Crippen molar-refractivity contribution in [2.75, 3.05) is 11.6 Å². The molecule has 18 heavy (non-hydrogen) atoms. The van der Waals surface area contributed by atoms with E-state index in [1.165, 1.54) is 0 Å². The van der Waals surface area contributed by atoms with E-state index in [0.29, 0.717) is 5.69 Å². The Labute approximate surface area is 110 Å². The second-order valence-electron chi connectivity index (χ2n) is 3.83. The van der Waals surface area contributed by atoms with Crippen molar-refractivity contribution < 1.29 is 14.7 Å². The number of benzene rings is 1. The van der Waals surface area contributed by atoms with Crippen molar-refractivity contribution >= 4 is 29.4 Å². The van der Waals surface area contributed by atoms with E-state index < -0.39 is 18.0 Å². The van der Waals surface area contributed by atoms with E-state index in [2.05, 4.69) is 10.6 Å². The largest absolute Gasteiger partial charge is 0.481 e. The van der Waals surface area contributed by atoms with Crippen LogP contribution in [0.1, 0.15) is 13.3 Å². The maximum absolute atomic E-state index is 11.5. The molecular formula is C12H16N2O3S. The molecule has 0 heterocycles. The minimum atomic E-state index is -0.938. The number of thioether (sulfide) groups is 1. The van der Waals surface area contributed by atoms with Crippen LogP contribution in [0.15, 0.2) is 29.2 Å². The van der Waals surface area contributed by atoms with Crippen molar-refractivity contribution in [2.45, 2.75) is 24.3 Å². The van der Waals surface area contributed by atoms with Gasteiger partial charge in [-0.2, -0.15) is 0 Å². The lowest BCUT2D eigenvalue weighted by Gasteiger charge is -2.12. The van der Waals surface area contributed by atoms with Gasteiger partial charge in [-0.15, -0.1) is 11.8 Å². The molecular weight excluding hydrogens is 252 g/mol. The summed E-state index contributed by atoms with van der Waals surface area (Å²) in [4.78, 5) is 23.1. The SMILES string of the molecule is CSc1ccc(NC(=O)NC(C)CC(=O)O)cc1. The van der Waals surface area contributed by atoms with E-state index in [1.807, 2.05) is 18.4 Å². The molecule has 2 amide bonds. The highest BCUT2D eigenvalue weighted by Crippen LogP contribution is 2.17. The van der Waals surface area contributed by atoms with Crippen molar-refractivity contribution in [3.8, 4) is 0 Å². The Morgan fingerprint density at radius 3 is 2.44 bits per heavy atom. The van der Waals surface area contributed by atoms with Crippen LogP contribution < -0.4 is 10.6 Å². The number of carboxylic acid groups (broad SMARTS) is 1. The molecule has 3 N–H and O–H groups in total. The van der Waals surface area contributed by atoms with Gasteiger partial charge in [0, 0.05) is 16.6 Å². The third-order valence-electron chi connectivity index (χ3n) is 2.21. The number of carbonyl (C=O) groups is 2. The number of carboxylic acids is 1. The highest BCUT2D eigenvalue weighted by molar-refractivity contribution is 7.98. The summed E-state index contributed by atoms with van der Waals surface area (Å²) in [7, 11) is 0. The highest BCUT2D eigenvalue weighted by Gasteiger charge is 2.10. The first-order valence-corrected chi connectivity index (χ1v) is 6.67. The quantitative estimate of drug-likeness (QED) is 0.716. The second kappa shape index (κ2) is 6.90. The standard InChI is InChI=1S/C12H16N2O3S/c1-8(7-11(15)16)13-12(17)14-9-3-5-10(18-2)6-4-9/h3-6,8H,7H2,1-2H3,(H,15,16)(H2,13,14,17). The molecule has 1 aromatic carbocycles. The monoisotopic (exact) mass is 268 g/mol. The molecule has 0 saturated carbocycles. The molecule has 1 atom stereocenters. The smallest absolute Gasteiger partial charge is 0.319 e. The van der Waals surface area contributed by atoms with E-state index in [4.69, 9.17) is 5.11 Å². The van der Waals surface area contributed by atoms with Gasteiger partial charge >= 0.3 is 12.0 Å². The van der Waals surface area contributed by atoms with Crippen molar-refractivity contribution in [1.82, 2.24) is 5.32 Å². The first-order valence-electron chi connectivity index (χ1n) is 5.44. The number of anilines is 1. The first-order chi connectivity index (χ1) is 8.51. The zero-order chi connectivity index (χ0) is 13.5. The summed E-state index contributed by atoms with van der Waals surface area (Å²) in [6.07, 6.45) is 1.88. The van der Waals surface area contributed by atoms with Gasteiger partial charge in [0.2, 0.25) is 0 Å². The lowest BCUT2D eigenvalue weighted by molar-refractivity contribution is -0.137. The molecule has 98 valence electrons. The number of nitrogens with one attached hydrogen (secondary N) is 2. The zero-order valence-electron chi connectivity index (χ0n) is 10.3. The van der Waals surface area contributed by atoms with Crippen LogP contribution in [-0.4, -0.2) is 29.4 Å². The molecule has 1 unspecified atom stereocenters. The van der Waals surface area contributed by atoms with Gasteiger partial charge in [0.15, 0.2) is 0 Å². The lowest BCUT2D eigenvalue weighted by atomic mass is 10.2. The molecule has 0 spiro atoms. The van der Waals surface area contributed by atoms with E-state index in [9.17, 15) is 9.59 Å². The minimum Gasteiger partial charge on any atom is -0.481 e. The fraction of sp³-hybridized carbons (Fsp3) is 0.333. The fourth-order valence-corrected chi connectivity index (χ4v) is 1.79. The van der Waals surface area contributed by atoms with Crippen LogP contribution in [0, 0.1) is 0 Å². The number of hydrogen-bond donors (Lipinski definition) is 3. The van der Waals surface area contributed by atoms with Gasteiger partial charge in [-0.05, 0) is 37.4 Å². The average Bonchev–Trinajstić information content (AvgIpc) is 2.28. The predicted molar refractivity (Wildman–Crippen MR) is 72.1 cm³/mol. The Bertz CT molecular complexity index is 420. The molecule has 0 aliphatic carbocycles. The van der Waals surface area contributed by atoms with Crippen LogP contribution in [-0.2, 0) is 4.79 Å². The van der Waals surface area contributed by atoms with Crippen molar-refractivity contribution in [2.24, 2.45) is 0 Å². The molecule has 0 aliphatic heterocycles. The lowest BCUT2D eigenvalue weighted by Crippen LogP contribution is -2.37. The summed E-state index contributed by atoms with van der Waals surface area (Å²) in [5.41, 5.74) is 0.674. The molecule has 0 fully saturated rings. The van der Waals surface area contributed by atoms with Crippen LogP contribution in [0.5, 0.6) is 0 Å². The molecule has 1 rings (SSSR count). The Balaban J connectivity index is 2.46. The normalized spacial score (nSPS) is 11.7. The van der Waals surface area contributed by atoms with Crippen LogP contribution in [0.4, 0.5) is 10.5 Å². The highest BCUT2D eigenvalue weighted by atomic mass is 32.2. The number of hydrogen-bond acceptors (Lipinski definition) is 3. The van der Waals surface area contributed by atoms with E-state index >= 15 is 0 Å². The summed E-state index contributed by atoms with van der Waals surface area (Å²) in [6, 6.07) is 6.59. The topological polar surface area (TPSA) is 78.4 Å². The van der Waals surface area contributed by atoms with Gasteiger partial charge in [-0.25, -0.2) is 4.79 Å². The molecule has 6 heteroatoms. The third-order valence-corrected chi connectivity index (χ3v) is 2.95. The van der Waals surface area contributed by atoms with E-state index in [1.54, 1.807) is 30.8 Å². The van der Waals surface area contributed by atoms with Crippen molar-refractivity contribution in [1.29, 1.82) is 0 Å². The number of rotatable bonds is 5. The zero-order valence-corrected chi connectivity index (χ0v) is 11.1.